The van der Waals surface area contributed by atoms with Crippen molar-refractivity contribution in [2.45, 2.75) is 61.7 Å². The molecule has 1 unspecified atom stereocenters. The van der Waals surface area contributed by atoms with Crippen molar-refractivity contribution in [2.24, 2.45) is 5.92 Å². The minimum Gasteiger partial charge on any atom is -0.369 e. The highest BCUT2D eigenvalue weighted by atomic mass is 32.2. The molecule has 1 N–H and O–H groups in total. The Balaban J connectivity index is 2.55. The van der Waals surface area contributed by atoms with E-state index in [0.717, 1.165) is 17.8 Å². The molecular formula is C20H21F6NO2S. The number of alkyl halides is 6. The maximum absolute atomic E-state index is 13.2. The summed E-state index contributed by atoms with van der Waals surface area (Å²) in [6.07, 6.45) is -11.2. The number of benzene rings is 1. The molecule has 0 saturated heterocycles. The van der Waals surface area contributed by atoms with Gasteiger partial charge in [-0.3, -0.25) is 4.79 Å². The molecule has 0 radical (unpaired) electrons. The zero-order chi connectivity index (χ0) is 22.9. The van der Waals surface area contributed by atoms with E-state index < -0.39 is 28.8 Å². The summed E-state index contributed by atoms with van der Waals surface area (Å²) < 4.78 is 79.4. The molecule has 2 rings (SSSR count). The SMILES string of the molecule is CC#CC1CN(C(=O)CCC(C)C)c2ccc(C(O)(C(F)(F)F)C(F)(F)F)cc2S1. The quantitative estimate of drug-likeness (QED) is 0.499. The van der Waals surface area contributed by atoms with Crippen molar-refractivity contribution >= 4 is 23.4 Å². The molecule has 0 saturated carbocycles. The fraction of sp³-hybridized carbons (Fsp3) is 0.550. The van der Waals surface area contributed by atoms with Gasteiger partial charge in [0.2, 0.25) is 5.91 Å². The lowest BCUT2D eigenvalue weighted by Gasteiger charge is -2.36. The molecule has 1 aromatic rings. The van der Waals surface area contributed by atoms with E-state index >= 15 is 0 Å². The van der Waals surface area contributed by atoms with Crippen LogP contribution in [0.25, 0.3) is 0 Å². The van der Waals surface area contributed by atoms with E-state index in [9.17, 15) is 36.2 Å². The fourth-order valence-electron chi connectivity index (χ4n) is 3.02. The molecule has 10 heteroatoms. The van der Waals surface area contributed by atoms with Gasteiger partial charge in [0.25, 0.3) is 5.60 Å². The standard InChI is InChI=1S/C20H21F6NO2S/c1-4-5-14-11-27(17(28)9-6-12(2)3)15-8-7-13(10-16(15)30-14)18(29,19(21,22)23)20(24,25)26/h7-8,10,12,14,29H,6,9,11H2,1-3H3. The lowest BCUT2D eigenvalue weighted by Crippen LogP contribution is -2.54. The van der Waals surface area contributed by atoms with Gasteiger partial charge in [0.15, 0.2) is 0 Å². The molecule has 3 nitrogen and oxygen atoms in total. The largest absolute Gasteiger partial charge is 0.430 e. The Morgan fingerprint density at radius 2 is 1.83 bits per heavy atom. The highest BCUT2D eigenvalue weighted by molar-refractivity contribution is 8.00. The van der Waals surface area contributed by atoms with Crippen LogP contribution in [0, 0.1) is 17.8 Å². The summed E-state index contributed by atoms with van der Waals surface area (Å²) in [7, 11) is 0. The molecule has 0 bridgehead atoms. The summed E-state index contributed by atoms with van der Waals surface area (Å²) in [6, 6.07) is 2.23. The number of anilines is 1. The second kappa shape index (κ2) is 8.71. The number of thioether (sulfide) groups is 1. The highest BCUT2D eigenvalue weighted by Crippen LogP contribution is 2.51. The van der Waals surface area contributed by atoms with Gasteiger partial charge < -0.3 is 10.0 Å². The summed E-state index contributed by atoms with van der Waals surface area (Å²) in [5.41, 5.74) is -6.17. The summed E-state index contributed by atoms with van der Waals surface area (Å²) >= 11 is 0.965. The van der Waals surface area contributed by atoms with E-state index in [1.807, 2.05) is 13.8 Å². The average Bonchev–Trinajstić information content (AvgIpc) is 2.62. The Labute approximate surface area is 174 Å². The van der Waals surface area contributed by atoms with E-state index in [0.29, 0.717) is 18.6 Å². The van der Waals surface area contributed by atoms with E-state index in [4.69, 9.17) is 0 Å². The number of aliphatic hydroxyl groups is 1. The first-order valence-electron chi connectivity index (χ1n) is 9.12. The molecule has 0 aromatic heterocycles. The average molecular weight is 453 g/mol. The number of carbonyl (C=O) groups is 1. The molecule has 1 aliphatic rings. The number of amides is 1. The molecule has 0 spiro atoms. The molecule has 0 fully saturated rings. The second-order valence-corrected chi connectivity index (χ2v) is 8.57. The van der Waals surface area contributed by atoms with Crippen LogP contribution in [0.3, 0.4) is 0 Å². The number of hydrogen-bond acceptors (Lipinski definition) is 3. The maximum atomic E-state index is 13.2. The van der Waals surface area contributed by atoms with Crippen molar-refractivity contribution in [1.29, 1.82) is 0 Å². The number of halogens is 6. The number of hydrogen-bond donors (Lipinski definition) is 1. The van der Waals surface area contributed by atoms with E-state index in [2.05, 4.69) is 11.8 Å². The molecule has 0 aliphatic carbocycles. The van der Waals surface area contributed by atoms with Crippen LogP contribution >= 0.6 is 11.8 Å². The molecule has 1 aromatic carbocycles. The predicted molar refractivity (Wildman–Crippen MR) is 102 cm³/mol. The summed E-state index contributed by atoms with van der Waals surface area (Å²) in [4.78, 5) is 14.0. The Morgan fingerprint density at radius 1 is 1.23 bits per heavy atom. The van der Waals surface area contributed by atoms with E-state index in [1.165, 1.54) is 4.90 Å². The van der Waals surface area contributed by atoms with E-state index in [1.54, 1.807) is 6.92 Å². The topological polar surface area (TPSA) is 40.5 Å². The Morgan fingerprint density at radius 3 is 2.33 bits per heavy atom. The molecule has 30 heavy (non-hydrogen) atoms. The first-order chi connectivity index (χ1) is 13.7. The van der Waals surface area contributed by atoms with Crippen molar-refractivity contribution in [3.05, 3.63) is 23.8 Å². The zero-order valence-corrected chi connectivity index (χ0v) is 17.3. The monoisotopic (exact) mass is 453 g/mol. The molecular weight excluding hydrogens is 432 g/mol. The minimum atomic E-state index is -5.98. The number of fused-ring (bicyclic) bond motifs is 1. The lowest BCUT2D eigenvalue weighted by molar-refractivity contribution is -0.376. The first-order valence-corrected chi connectivity index (χ1v) is 10.00. The number of rotatable bonds is 4. The van der Waals surface area contributed by atoms with Gasteiger partial charge in [-0.05, 0) is 31.4 Å². The first kappa shape index (κ1) is 24.4. The van der Waals surface area contributed by atoms with Crippen LogP contribution in [0.2, 0.25) is 0 Å². The minimum absolute atomic E-state index is 0.0244. The maximum Gasteiger partial charge on any atom is 0.430 e. The van der Waals surface area contributed by atoms with E-state index in [-0.39, 0.29) is 35.4 Å². The normalized spacial score (nSPS) is 17.4. The van der Waals surface area contributed by atoms with Gasteiger partial charge in [-0.15, -0.1) is 17.7 Å². The number of carbonyl (C=O) groups excluding carboxylic acids is 1. The lowest BCUT2D eigenvalue weighted by atomic mass is 9.92. The number of nitrogens with zero attached hydrogens (tertiary/aromatic N) is 1. The van der Waals surface area contributed by atoms with Gasteiger partial charge in [-0.1, -0.05) is 25.8 Å². The van der Waals surface area contributed by atoms with Crippen molar-refractivity contribution in [2.75, 3.05) is 11.4 Å². The van der Waals surface area contributed by atoms with Gasteiger partial charge in [0.1, 0.15) is 0 Å². The van der Waals surface area contributed by atoms with Crippen LogP contribution in [-0.4, -0.2) is 35.2 Å². The smallest absolute Gasteiger partial charge is 0.369 e. The van der Waals surface area contributed by atoms with Crippen molar-refractivity contribution < 1.29 is 36.2 Å². The van der Waals surface area contributed by atoms with Gasteiger partial charge >= 0.3 is 12.4 Å². The molecule has 1 aliphatic heterocycles. The second-order valence-electron chi connectivity index (χ2n) is 7.33. The van der Waals surface area contributed by atoms with Crippen LogP contribution in [-0.2, 0) is 10.4 Å². The third-order valence-electron chi connectivity index (χ3n) is 4.65. The Bertz CT molecular complexity index is 840. The highest BCUT2D eigenvalue weighted by Gasteiger charge is 2.71. The van der Waals surface area contributed by atoms with Crippen molar-refractivity contribution in [3.63, 3.8) is 0 Å². The van der Waals surface area contributed by atoms with Gasteiger partial charge in [-0.2, -0.15) is 26.3 Å². The van der Waals surface area contributed by atoms with Crippen LogP contribution in [0.4, 0.5) is 32.0 Å². The molecule has 166 valence electrons. The summed E-state index contributed by atoms with van der Waals surface area (Å²) in [5, 5.41) is 9.16. The van der Waals surface area contributed by atoms with Gasteiger partial charge in [-0.25, -0.2) is 0 Å². The Hall–Kier alpha value is -1.86. The third-order valence-corrected chi connectivity index (χ3v) is 5.78. The van der Waals surface area contributed by atoms with Gasteiger partial charge in [0, 0.05) is 23.4 Å². The van der Waals surface area contributed by atoms with Crippen LogP contribution in [0.5, 0.6) is 0 Å². The predicted octanol–water partition coefficient (Wildman–Crippen LogP) is 5.27. The van der Waals surface area contributed by atoms with Crippen molar-refractivity contribution in [1.82, 2.24) is 0 Å². The zero-order valence-electron chi connectivity index (χ0n) is 16.5. The van der Waals surface area contributed by atoms with Crippen molar-refractivity contribution in [3.8, 4) is 11.8 Å². The fourth-order valence-corrected chi connectivity index (χ4v) is 4.22. The van der Waals surface area contributed by atoms with Crippen LogP contribution < -0.4 is 4.90 Å². The van der Waals surface area contributed by atoms with Crippen LogP contribution in [0.1, 0.15) is 39.2 Å². The molecule has 1 atom stereocenters. The summed E-state index contributed by atoms with van der Waals surface area (Å²) in [5.74, 6) is 5.42. The third kappa shape index (κ3) is 4.72. The molecule has 1 heterocycles. The Kier molecular flexibility index (Phi) is 7.09. The summed E-state index contributed by atoms with van der Waals surface area (Å²) in [6.45, 7) is 5.57. The molecule has 1 amide bonds. The van der Waals surface area contributed by atoms with Crippen LogP contribution in [0.15, 0.2) is 23.1 Å². The van der Waals surface area contributed by atoms with Gasteiger partial charge in [0.05, 0.1) is 10.9 Å².